The fraction of sp³-hybridized carbons (Fsp3) is 0.200. The second-order valence-electron chi connectivity index (χ2n) is 8.54. The summed E-state index contributed by atoms with van der Waals surface area (Å²) in [6.45, 7) is 0. The maximum absolute atomic E-state index is 3.75. The molecule has 6 rings (SSSR count). The Morgan fingerprint density at radius 3 is 2.04 bits per heavy atom. The summed E-state index contributed by atoms with van der Waals surface area (Å²) in [6.07, 6.45) is 0. The quantitative estimate of drug-likeness (QED) is 0.199. The monoisotopic (exact) mass is 658 g/mol. The molecule has 5 heterocycles. The van der Waals surface area contributed by atoms with Crippen molar-refractivity contribution in [1.82, 2.24) is 0 Å². The Morgan fingerprint density at radius 2 is 1.30 bits per heavy atom. The van der Waals surface area contributed by atoms with Gasteiger partial charge in [-0.1, -0.05) is 0 Å². The summed E-state index contributed by atoms with van der Waals surface area (Å²) >= 11 is 8.91. The Bertz CT molecular complexity index is 1310. The van der Waals surface area contributed by atoms with E-state index in [1.165, 1.54) is 12.3 Å². The van der Waals surface area contributed by atoms with Gasteiger partial charge in [-0.3, -0.25) is 0 Å². The fourth-order valence-corrected chi connectivity index (χ4v) is 28.1. The second-order valence-corrected chi connectivity index (χ2v) is 32.5. The van der Waals surface area contributed by atoms with Crippen LogP contribution in [0.5, 0.6) is 0 Å². The Labute approximate surface area is 193 Å². The summed E-state index contributed by atoms with van der Waals surface area (Å²) in [5.74, 6) is 10.3. The topological polar surface area (TPSA) is 0 Å². The molecular formula is C20H16Br2Ge2S3. The molecule has 0 saturated carbocycles. The molecule has 0 bridgehead atoms. The molecule has 0 atom stereocenters. The predicted octanol–water partition coefficient (Wildman–Crippen LogP) is 6.16. The number of benzene rings is 1. The van der Waals surface area contributed by atoms with Crippen molar-refractivity contribution in [1.29, 1.82) is 0 Å². The van der Waals surface area contributed by atoms with Gasteiger partial charge in [-0.15, -0.1) is 0 Å². The van der Waals surface area contributed by atoms with Crippen molar-refractivity contribution in [3.05, 3.63) is 31.8 Å². The molecule has 0 fully saturated rings. The van der Waals surface area contributed by atoms with E-state index in [4.69, 9.17) is 0 Å². The van der Waals surface area contributed by atoms with Crippen molar-refractivity contribution in [2.24, 2.45) is 0 Å². The van der Waals surface area contributed by atoms with Crippen molar-refractivity contribution in [3.63, 3.8) is 0 Å². The minimum atomic E-state index is -2.28. The van der Waals surface area contributed by atoms with Gasteiger partial charge in [-0.25, -0.2) is 0 Å². The predicted molar refractivity (Wildman–Crippen MR) is 137 cm³/mol. The van der Waals surface area contributed by atoms with E-state index >= 15 is 0 Å². The molecule has 0 spiro atoms. The Kier molecular flexibility index (Phi) is 3.85. The summed E-state index contributed by atoms with van der Waals surface area (Å²) in [7, 11) is 0. The zero-order chi connectivity index (χ0) is 18.9. The van der Waals surface area contributed by atoms with E-state index in [1.54, 1.807) is 43.2 Å². The Hall–Kier alpha value is 0.626. The Balaban J connectivity index is 1.69. The van der Waals surface area contributed by atoms with Crippen LogP contribution < -0.4 is 17.6 Å². The van der Waals surface area contributed by atoms with Gasteiger partial charge in [0.2, 0.25) is 0 Å². The number of thiophene rings is 3. The molecule has 27 heavy (non-hydrogen) atoms. The van der Waals surface area contributed by atoms with Crippen LogP contribution in [-0.2, 0) is 0 Å². The standard InChI is InChI=1S/C20H16Br2Ge2S3/c1-23(2)11-6-10-12(5-9(11)18-13(23)7-15(21)26-18)24(3,4)17-19(10)25-14-8-16(22)27-20(14)17/h5-8H,1-4H3. The third-order valence-electron chi connectivity index (χ3n) is 6.33. The third-order valence-corrected chi connectivity index (χ3v) is 26.8. The number of hydrogen-bond acceptors (Lipinski definition) is 3. The molecule has 0 N–H and O–H groups in total. The first-order valence-electron chi connectivity index (χ1n) is 8.91. The molecule has 0 radical (unpaired) electrons. The van der Waals surface area contributed by atoms with Gasteiger partial charge in [0.25, 0.3) is 0 Å². The van der Waals surface area contributed by atoms with Gasteiger partial charge in [-0.05, 0) is 0 Å². The van der Waals surface area contributed by atoms with Crippen molar-refractivity contribution in [2.45, 2.75) is 23.0 Å². The summed E-state index contributed by atoms with van der Waals surface area (Å²) in [5, 5.41) is 0. The molecule has 136 valence electrons. The molecule has 0 amide bonds. The van der Waals surface area contributed by atoms with Crippen LogP contribution in [-0.4, -0.2) is 26.5 Å². The molecule has 7 heteroatoms. The zero-order valence-electron chi connectivity index (χ0n) is 15.3. The summed E-state index contributed by atoms with van der Waals surface area (Å²) in [4.78, 5) is 3.16. The normalized spacial score (nSPS) is 17.9. The van der Waals surface area contributed by atoms with Crippen molar-refractivity contribution in [2.75, 3.05) is 0 Å². The number of fused-ring (bicyclic) bond motifs is 8. The van der Waals surface area contributed by atoms with E-state index < -0.39 is 26.5 Å². The zero-order valence-corrected chi connectivity index (χ0v) is 25.1. The summed E-state index contributed by atoms with van der Waals surface area (Å²) in [6, 6.07) is 10.0. The van der Waals surface area contributed by atoms with Crippen molar-refractivity contribution >= 4 is 119 Å². The third kappa shape index (κ3) is 2.25. The van der Waals surface area contributed by atoms with E-state index in [0.717, 1.165) is 0 Å². The van der Waals surface area contributed by atoms with Crippen LogP contribution in [0.25, 0.3) is 30.3 Å². The maximum atomic E-state index is 3.75. The van der Waals surface area contributed by atoms with E-state index in [9.17, 15) is 0 Å². The second kappa shape index (κ2) is 5.65. The first-order chi connectivity index (χ1) is 12.7. The van der Waals surface area contributed by atoms with Crippen LogP contribution in [0.2, 0.25) is 23.0 Å². The van der Waals surface area contributed by atoms with Gasteiger partial charge in [0.15, 0.2) is 0 Å². The van der Waals surface area contributed by atoms with Gasteiger partial charge in [0.05, 0.1) is 0 Å². The van der Waals surface area contributed by atoms with Crippen LogP contribution >= 0.6 is 65.9 Å². The van der Waals surface area contributed by atoms with E-state index in [1.807, 2.05) is 34.0 Å². The molecule has 4 aromatic rings. The van der Waals surface area contributed by atoms with Crippen LogP contribution in [0.1, 0.15) is 0 Å². The van der Waals surface area contributed by atoms with Crippen molar-refractivity contribution in [3.8, 4) is 20.9 Å². The van der Waals surface area contributed by atoms with Gasteiger partial charge < -0.3 is 0 Å². The van der Waals surface area contributed by atoms with Crippen molar-refractivity contribution < 1.29 is 0 Å². The van der Waals surface area contributed by atoms with Crippen LogP contribution in [0, 0.1) is 0 Å². The molecular weight excluding hydrogens is 641 g/mol. The molecule has 0 nitrogen and oxygen atoms in total. The first kappa shape index (κ1) is 18.4. The average Bonchev–Trinajstić information content (AvgIpc) is 3.30. The molecule has 2 aliphatic rings. The summed E-state index contributed by atoms with van der Waals surface area (Å²) < 4.78 is 12.4. The van der Waals surface area contributed by atoms with Crippen LogP contribution in [0.3, 0.4) is 0 Å². The van der Waals surface area contributed by atoms with E-state index in [0.29, 0.717) is 0 Å². The molecule has 0 unspecified atom stereocenters. The van der Waals surface area contributed by atoms with Gasteiger partial charge in [0.1, 0.15) is 0 Å². The average molecular weight is 658 g/mol. The van der Waals surface area contributed by atoms with E-state index in [-0.39, 0.29) is 0 Å². The van der Waals surface area contributed by atoms with Gasteiger partial charge in [0, 0.05) is 0 Å². The first-order valence-corrected chi connectivity index (χ1v) is 25.5. The number of halogens is 2. The SMILES string of the molecule is [CH3][Ge]1([CH3])[c]2cc3[c](cc2-c2sc(Br)c[c]21)[Ge]([CH3])([CH3])[c]1c-3sc2cc(Br)sc12. The minimum absolute atomic E-state index is 1.27. The number of rotatable bonds is 0. The fourth-order valence-electron chi connectivity index (χ4n) is 4.93. The molecule has 0 saturated heterocycles. The Morgan fingerprint density at radius 1 is 0.667 bits per heavy atom. The van der Waals surface area contributed by atoms with Gasteiger partial charge in [-0.2, -0.15) is 0 Å². The number of hydrogen-bond donors (Lipinski definition) is 0. The van der Waals surface area contributed by atoms with Gasteiger partial charge >= 0.3 is 195 Å². The molecule has 3 aromatic heterocycles. The molecule has 0 aliphatic carbocycles. The molecule has 1 aromatic carbocycles. The molecule has 2 aliphatic heterocycles. The summed E-state index contributed by atoms with van der Waals surface area (Å²) in [5.41, 5.74) is 3.16. The van der Waals surface area contributed by atoms with E-state index in [2.05, 4.69) is 79.2 Å². The van der Waals surface area contributed by atoms with Crippen LogP contribution in [0.15, 0.2) is 31.8 Å². The van der Waals surface area contributed by atoms with Crippen LogP contribution in [0.4, 0.5) is 0 Å².